The van der Waals surface area contributed by atoms with Gasteiger partial charge in [0.2, 0.25) is 11.7 Å². The number of carbonyl (C=O) groups excluding carboxylic acids is 2. The lowest BCUT2D eigenvalue weighted by Gasteiger charge is -2.32. The zero-order valence-electron chi connectivity index (χ0n) is 16.1. The average molecular weight is 424 g/mol. The van der Waals surface area contributed by atoms with E-state index in [0.29, 0.717) is 40.9 Å². The van der Waals surface area contributed by atoms with Gasteiger partial charge in [0.1, 0.15) is 11.8 Å². The van der Waals surface area contributed by atoms with Crippen molar-refractivity contribution < 1.29 is 18.8 Å². The predicted molar refractivity (Wildman–Crippen MR) is 112 cm³/mol. The molecule has 1 aromatic heterocycles. The highest BCUT2D eigenvalue weighted by Crippen LogP contribution is 2.30. The van der Waals surface area contributed by atoms with Crippen LogP contribution in [0.3, 0.4) is 0 Å². The van der Waals surface area contributed by atoms with Crippen LogP contribution in [0, 0.1) is 0 Å². The van der Waals surface area contributed by atoms with Gasteiger partial charge in [-0.3, -0.25) is 9.59 Å². The van der Waals surface area contributed by atoms with Gasteiger partial charge in [-0.25, -0.2) is 0 Å². The zero-order chi connectivity index (χ0) is 20.9. The largest absolute Gasteiger partial charge is 0.484 e. The summed E-state index contributed by atoms with van der Waals surface area (Å²) in [5.41, 5.74) is 6.37. The summed E-state index contributed by atoms with van der Waals surface area (Å²) in [4.78, 5) is 30.2. The number of para-hydroxylation sites is 1. The van der Waals surface area contributed by atoms with E-state index in [1.807, 2.05) is 30.3 Å². The number of ether oxygens (including phenoxy) is 1. The molecule has 8 nitrogen and oxygen atoms in total. The van der Waals surface area contributed by atoms with Crippen molar-refractivity contribution in [2.45, 2.75) is 6.04 Å². The Labute approximate surface area is 177 Å². The van der Waals surface area contributed by atoms with E-state index in [9.17, 15) is 9.59 Å². The number of amides is 2. The first-order valence-electron chi connectivity index (χ1n) is 9.41. The Bertz CT molecular complexity index is 1020. The van der Waals surface area contributed by atoms with Crippen molar-refractivity contribution in [1.29, 1.82) is 0 Å². The molecule has 0 saturated carbocycles. The Balaban J connectivity index is 1.47. The lowest BCUT2D eigenvalue weighted by Crippen LogP contribution is -2.43. The monoisotopic (exact) mass is 424 g/mol. The highest BCUT2D eigenvalue weighted by molar-refractivity contribution is 7.99. The molecule has 1 aliphatic heterocycles. The van der Waals surface area contributed by atoms with Crippen LogP contribution in [0.5, 0.6) is 5.75 Å². The first kappa shape index (κ1) is 20.0. The number of primary amides is 1. The van der Waals surface area contributed by atoms with Gasteiger partial charge in [0, 0.05) is 29.2 Å². The highest BCUT2D eigenvalue weighted by Gasteiger charge is 2.32. The second-order valence-corrected chi connectivity index (χ2v) is 7.83. The molecular weight excluding hydrogens is 404 g/mol. The molecule has 2 heterocycles. The van der Waals surface area contributed by atoms with E-state index in [1.54, 1.807) is 40.9 Å². The molecule has 0 bridgehead atoms. The Kier molecular flexibility index (Phi) is 5.99. The Morgan fingerprint density at radius 1 is 1.17 bits per heavy atom. The minimum Gasteiger partial charge on any atom is -0.484 e. The van der Waals surface area contributed by atoms with Gasteiger partial charge in [-0.2, -0.15) is 16.7 Å². The summed E-state index contributed by atoms with van der Waals surface area (Å²) < 4.78 is 11.1. The van der Waals surface area contributed by atoms with Crippen LogP contribution in [0.4, 0.5) is 0 Å². The summed E-state index contributed by atoms with van der Waals surface area (Å²) in [6.07, 6.45) is 0. The number of carbonyl (C=O) groups is 2. The second-order valence-electron chi connectivity index (χ2n) is 6.68. The summed E-state index contributed by atoms with van der Waals surface area (Å²) in [6, 6.07) is 15.5. The molecule has 9 heteroatoms. The molecule has 2 aromatic carbocycles. The number of benzene rings is 2. The van der Waals surface area contributed by atoms with Gasteiger partial charge in [-0.15, -0.1) is 0 Å². The third kappa shape index (κ3) is 4.46. The number of nitrogens with two attached hydrogens (primary N) is 1. The second kappa shape index (κ2) is 9.00. The van der Waals surface area contributed by atoms with Crippen LogP contribution in [0.15, 0.2) is 59.1 Å². The molecule has 1 saturated heterocycles. The maximum absolute atomic E-state index is 12.8. The molecular formula is C21H20N4O4S. The number of nitrogens with zero attached hydrogens (tertiary/aromatic N) is 3. The van der Waals surface area contributed by atoms with Crippen LogP contribution in [0.25, 0.3) is 11.4 Å². The van der Waals surface area contributed by atoms with E-state index < -0.39 is 5.91 Å². The van der Waals surface area contributed by atoms with E-state index in [4.69, 9.17) is 15.0 Å². The standard InChI is InChI=1S/C21H20N4O4S/c22-19(27)14-6-8-15(9-7-14)20-23-21(29-24-20)17-13-30-11-10-25(17)18(26)12-28-16-4-2-1-3-5-16/h1-9,17H,10-13H2,(H2,22,27). The Morgan fingerprint density at radius 2 is 1.93 bits per heavy atom. The third-order valence-electron chi connectivity index (χ3n) is 4.71. The van der Waals surface area contributed by atoms with Crippen molar-refractivity contribution in [1.82, 2.24) is 15.0 Å². The number of hydrogen-bond donors (Lipinski definition) is 1. The first-order chi connectivity index (χ1) is 14.6. The zero-order valence-corrected chi connectivity index (χ0v) is 16.9. The molecule has 1 fully saturated rings. The van der Waals surface area contributed by atoms with Gasteiger partial charge in [0.25, 0.3) is 11.8 Å². The van der Waals surface area contributed by atoms with Crippen molar-refractivity contribution in [2.75, 3.05) is 24.7 Å². The lowest BCUT2D eigenvalue weighted by molar-refractivity contribution is -0.135. The van der Waals surface area contributed by atoms with Gasteiger partial charge < -0.3 is 19.9 Å². The topological polar surface area (TPSA) is 112 Å². The smallest absolute Gasteiger partial charge is 0.261 e. The highest BCUT2D eigenvalue weighted by atomic mass is 32.2. The SMILES string of the molecule is NC(=O)c1ccc(-c2noc(C3CSCCN3C(=O)COc3ccccc3)n2)cc1. The molecule has 0 aliphatic carbocycles. The minimum absolute atomic E-state index is 0.0548. The van der Waals surface area contributed by atoms with Gasteiger partial charge >= 0.3 is 0 Å². The molecule has 2 amide bonds. The van der Waals surface area contributed by atoms with E-state index >= 15 is 0 Å². The van der Waals surface area contributed by atoms with Crippen molar-refractivity contribution in [3.8, 4) is 17.1 Å². The fourth-order valence-corrected chi connectivity index (χ4v) is 4.16. The molecule has 0 radical (unpaired) electrons. The molecule has 1 unspecified atom stereocenters. The number of rotatable bonds is 6. The molecule has 30 heavy (non-hydrogen) atoms. The first-order valence-corrected chi connectivity index (χ1v) is 10.6. The number of hydrogen-bond acceptors (Lipinski definition) is 7. The van der Waals surface area contributed by atoms with Gasteiger partial charge in [0.05, 0.1) is 0 Å². The van der Waals surface area contributed by atoms with Gasteiger partial charge in [-0.05, 0) is 24.3 Å². The summed E-state index contributed by atoms with van der Waals surface area (Å²) in [6.45, 7) is 0.526. The van der Waals surface area contributed by atoms with Crippen molar-refractivity contribution >= 4 is 23.6 Å². The quantitative estimate of drug-likeness (QED) is 0.647. The van der Waals surface area contributed by atoms with Crippen molar-refractivity contribution in [2.24, 2.45) is 5.73 Å². The maximum Gasteiger partial charge on any atom is 0.261 e. The molecule has 1 aliphatic rings. The molecule has 1 atom stereocenters. The van der Waals surface area contributed by atoms with Crippen molar-refractivity contribution in [3.05, 3.63) is 66.1 Å². The molecule has 4 rings (SSSR count). The van der Waals surface area contributed by atoms with Crippen LogP contribution < -0.4 is 10.5 Å². The normalized spacial score (nSPS) is 16.3. The number of thioether (sulfide) groups is 1. The summed E-state index contributed by atoms with van der Waals surface area (Å²) in [5.74, 6) is 2.29. The third-order valence-corrected chi connectivity index (χ3v) is 5.73. The molecule has 154 valence electrons. The van der Waals surface area contributed by atoms with Gasteiger partial charge in [0.15, 0.2) is 6.61 Å². The van der Waals surface area contributed by atoms with E-state index in [1.165, 1.54) is 0 Å². The fraction of sp³-hybridized carbons (Fsp3) is 0.238. The van der Waals surface area contributed by atoms with E-state index in [0.717, 1.165) is 5.75 Å². The molecule has 0 spiro atoms. The van der Waals surface area contributed by atoms with Crippen LogP contribution in [0.2, 0.25) is 0 Å². The average Bonchev–Trinajstić information content (AvgIpc) is 3.28. The summed E-state index contributed by atoms with van der Waals surface area (Å²) >= 11 is 1.73. The fourth-order valence-electron chi connectivity index (χ4n) is 3.12. The van der Waals surface area contributed by atoms with Crippen LogP contribution in [-0.2, 0) is 4.79 Å². The number of aromatic nitrogens is 2. The Hall–Kier alpha value is -3.33. The lowest BCUT2D eigenvalue weighted by atomic mass is 10.1. The predicted octanol–water partition coefficient (Wildman–Crippen LogP) is 2.53. The van der Waals surface area contributed by atoms with Crippen LogP contribution in [0.1, 0.15) is 22.3 Å². The minimum atomic E-state index is -0.499. The van der Waals surface area contributed by atoms with E-state index in [2.05, 4.69) is 10.1 Å². The van der Waals surface area contributed by atoms with E-state index in [-0.39, 0.29) is 18.6 Å². The van der Waals surface area contributed by atoms with Crippen molar-refractivity contribution in [3.63, 3.8) is 0 Å². The molecule has 2 N–H and O–H groups in total. The summed E-state index contributed by atoms with van der Waals surface area (Å²) in [5, 5.41) is 4.04. The summed E-state index contributed by atoms with van der Waals surface area (Å²) in [7, 11) is 0. The maximum atomic E-state index is 12.8. The molecule has 3 aromatic rings. The Morgan fingerprint density at radius 3 is 2.67 bits per heavy atom. The van der Waals surface area contributed by atoms with Gasteiger partial charge in [-0.1, -0.05) is 35.5 Å². The van der Waals surface area contributed by atoms with Crippen LogP contribution >= 0.6 is 11.8 Å². The van der Waals surface area contributed by atoms with Crippen LogP contribution in [-0.4, -0.2) is 51.5 Å².